The van der Waals surface area contributed by atoms with Crippen molar-refractivity contribution >= 4 is 39.5 Å². The van der Waals surface area contributed by atoms with Gasteiger partial charge in [0.1, 0.15) is 10.4 Å². The number of rotatable bonds is 4. The van der Waals surface area contributed by atoms with E-state index in [4.69, 9.17) is 4.74 Å². The van der Waals surface area contributed by atoms with Crippen molar-refractivity contribution in [2.24, 2.45) is 7.05 Å². The maximum Gasteiger partial charge on any atom is 0.412 e. The summed E-state index contributed by atoms with van der Waals surface area (Å²) in [5.41, 5.74) is 2.27. The standard InChI is InChI=1S/C21H23N7O3S/c1-12-16(6-14(8-22-12)25-20(30)31-21(2,3)4)26-18(29)15-9-24-28-11-17(32-19(15)28)13-7-23-27(5)10-13/h6-11H,1-5H3,(H,25,30)(H,26,29). The van der Waals surface area contributed by atoms with Gasteiger partial charge in [-0.25, -0.2) is 9.31 Å². The van der Waals surface area contributed by atoms with E-state index in [1.165, 1.54) is 23.7 Å². The molecule has 4 heterocycles. The van der Waals surface area contributed by atoms with Crippen LogP contribution in [0.5, 0.6) is 0 Å². The minimum atomic E-state index is -0.623. The summed E-state index contributed by atoms with van der Waals surface area (Å²) in [6.07, 6.45) is 7.98. The average Bonchev–Trinajstić information content (AvgIpc) is 3.37. The third kappa shape index (κ3) is 4.62. The molecule has 4 aromatic rings. The summed E-state index contributed by atoms with van der Waals surface area (Å²) in [6.45, 7) is 7.11. The monoisotopic (exact) mass is 453 g/mol. The van der Waals surface area contributed by atoms with E-state index >= 15 is 0 Å². The summed E-state index contributed by atoms with van der Waals surface area (Å²) in [7, 11) is 1.85. The summed E-state index contributed by atoms with van der Waals surface area (Å²) in [6, 6.07) is 1.64. The van der Waals surface area contributed by atoms with Gasteiger partial charge in [0.25, 0.3) is 5.91 Å². The molecular formula is C21H23N7O3S. The average molecular weight is 454 g/mol. The number of ether oxygens (including phenoxy) is 1. The van der Waals surface area contributed by atoms with Crippen LogP contribution in [0.2, 0.25) is 0 Å². The number of hydrogen-bond donors (Lipinski definition) is 2. The van der Waals surface area contributed by atoms with E-state index in [1.807, 2.05) is 19.4 Å². The molecule has 0 fully saturated rings. The second-order valence-electron chi connectivity index (χ2n) is 8.24. The van der Waals surface area contributed by atoms with Crippen molar-refractivity contribution in [2.75, 3.05) is 10.6 Å². The molecule has 0 unspecified atom stereocenters. The molecule has 0 atom stereocenters. The number of amides is 2. The zero-order chi connectivity index (χ0) is 23.0. The van der Waals surface area contributed by atoms with Crippen LogP contribution in [0.25, 0.3) is 15.3 Å². The van der Waals surface area contributed by atoms with Crippen molar-refractivity contribution < 1.29 is 14.3 Å². The Hall–Kier alpha value is -3.73. The molecule has 0 aliphatic heterocycles. The zero-order valence-electron chi connectivity index (χ0n) is 18.3. The van der Waals surface area contributed by atoms with E-state index in [9.17, 15) is 9.59 Å². The fourth-order valence-electron chi connectivity index (χ4n) is 2.96. The molecule has 2 N–H and O–H groups in total. The molecule has 0 saturated heterocycles. The molecule has 0 spiro atoms. The summed E-state index contributed by atoms with van der Waals surface area (Å²) in [5.74, 6) is -0.320. The van der Waals surface area contributed by atoms with Gasteiger partial charge in [-0.2, -0.15) is 10.2 Å². The number of aryl methyl sites for hydroxylation is 2. The van der Waals surface area contributed by atoms with E-state index < -0.39 is 11.7 Å². The van der Waals surface area contributed by atoms with Gasteiger partial charge in [0, 0.05) is 25.0 Å². The van der Waals surface area contributed by atoms with Crippen molar-refractivity contribution in [1.82, 2.24) is 24.4 Å². The first-order valence-corrected chi connectivity index (χ1v) is 10.6. The highest BCUT2D eigenvalue weighted by Crippen LogP contribution is 2.30. The Morgan fingerprint density at radius 1 is 1.09 bits per heavy atom. The number of fused-ring (bicyclic) bond motifs is 1. The van der Waals surface area contributed by atoms with Gasteiger partial charge in [0.05, 0.1) is 46.1 Å². The third-order valence-electron chi connectivity index (χ3n) is 4.41. The molecule has 0 bridgehead atoms. The van der Waals surface area contributed by atoms with Crippen molar-refractivity contribution in [3.63, 3.8) is 0 Å². The number of aromatic nitrogens is 5. The molecule has 2 amide bonds. The van der Waals surface area contributed by atoms with Crippen LogP contribution in [0.15, 0.2) is 37.1 Å². The molecule has 32 heavy (non-hydrogen) atoms. The lowest BCUT2D eigenvalue weighted by Gasteiger charge is -2.19. The van der Waals surface area contributed by atoms with E-state index in [-0.39, 0.29) is 5.91 Å². The first-order valence-electron chi connectivity index (χ1n) is 9.83. The van der Waals surface area contributed by atoms with E-state index in [1.54, 1.807) is 49.2 Å². The summed E-state index contributed by atoms with van der Waals surface area (Å²) >= 11 is 1.45. The van der Waals surface area contributed by atoms with Crippen LogP contribution in [-0.2, 0) is 11.8 Å². The predicted octanol–water partition coefficient (Wildman–Crippen LogP) is 4.10. The lowest BCUT2D eigenvalue weighted by Crippen LogP contribution is -2.27. The molecule has 4 rings (SSSR count). The highest BCUT2D eigenvalue weighted by molar-refractivity contribution is 7.21. The normalized spacial score (nSPS) is 11.5. The number of thiazole rings is 1. The predicted molar refractivity (Wildman–Crippen MR) is 122 cm³/mol. The fraction of sp³-hybridized carbons (Fsp3) is 0.286. The van der Waals surface area contributed by atoms with Crippen LogP contribution < -0.4 is 10.6 Å². The highest BCUT2D eigenvalue weighted by Gasteiger charge is 2.19. The Labute approximate surface area is 188 Å². The third-order valence-corrected chi connectivity index (χ3v) is 5.57. The van der Waals surface area contributed by atoms with E-state index in [0.29, 0.717) is 22.6 Å². The van der Waals surface area contributed by atoms with Gasteiger partial charge in [-0.3, -0.25) is 19.8 Å². The second-order valence-corrected chi connectivity index (χ2v) is 9.27. The minimum Gasteiger partial charge on any atom is -0.444 e. The number of pyridine rings is 1. The van der Waals surface area contributed by atoms with Crippen LogP contribution in [0.1, 0.15) is 36.8 Å². The Balaban J connectivity index is 1.54. The molecular weight excluding hydrogens is 430 g/mol. The molecule has 166 valence electrons. The first kappa shape index (κ1) is 21.5. The molecule has 0 aliphatic carbocycles. The lowest BCUT2D eigenvalue weighted by molar-refractivity contribution is 0.0635. The smallest absolute Gasteiger partial charge is 0.412 e. The SMILES string of the molecule is Cc1ncc(NC(=O)OC(C)(C)C)cc1NC(=O)c1cnn2cc(-c3cnn(C)c3)sc12. The molecule has 11 heteroatoms. The van der Waals surface area contributed by atoms with E-state index in [0.717, 1.165) is 15.3 Å². The lowest BCUT2D eigenvalue weighted by atomic mass is 10.2. The number of hydrogen-bond acceptors (Lipinski definition) is 7. The largest absolute Gasteiger partial charge is 0.444 e. The van der Waals surface area contributed by atoms with Crippen LogP contribution in [0.4, 0.5) is 16.2 Å². The number of carbonyl (C=O) groups excluding carboxylic acids is 2. The summed E-state index contributed by atoms with van der Waals surface area (Å²) in [5, 5.41) is 14.0. The van der Waals surface area contributed by atoms with Gasteiger partial charge in [-0.15, -0.1) is 11.3 Å². The zero-order valence-corrected chi connectivity index (χ0v) is 19.1. The molecule has 0 aromatic carbocycles. The Bertz CT molecular complexity index is 1310. The Kier molecular flexibility index (Phi) is 5.43. The first-order chi connectivity index (χ1) is 15.1. The fourth-order valence-corrected chi connectivity index (χ4v) is 4.00. The second kappa shape index (κ2) is 8.08. The quantitative estimate of drug-likeness (QED) is 0.481. The van der Waals surface area contributed by atoms with Gasteiger partial charge in [0.15, 0.2) is 0 Å². The maximum atomic E-state index is 13.0. The Morgan fingerprint density at radius 2 is 1.88 bits per heavy atom. The topological polar surface area (TPSA) is 115 Å². The molecule has 0 saturated carbocycles. The summed E-state index contributed by atoms with van der Waals surface area (Å²) in [4.78, 5) is 31.0. The van der Waals surface area contributed by atoms with Crippen LogP contribution in [0.3, 0.4) is 0 Å². The Morgan fingerprint density at radius 3 is 2.56 bits per heavy atom. The number of nitrogens with one attached hydrogen (secondary N) is 2. The van der Waals surface area contributed by atoms with Gasteiger partial charge < -0.3 is 10.1 Å². The van der Waals surface area contributed by atoms with Crippen LogP contribution >= 0.6 is 11.3 Å². The minimum absolute atomic E-state index is 0.320. The van der Waals surface area contributed by atoms with Gasteiger partial charge >= 0.3 is 6.09 Å². The van der Waals surface area contributed by atoms with Crippen molar-refractivity contribution in [3.05, 3.63) is 48.3 Å². The van der Waals surface area contributed by atoms with Gasteiger partial charge in [-0.1, -0.05) is 0 Å². The van der Waals surface area contributed by atoms with E-state index in [2.05, 4.69) is 25.8 Å². The maximum absolute atomic E-state index is 13.0. The van der Waals surface area contributed by atoms with Crippen molar-refractivity contribution in [2.45, 2.75) is 33.3 Å². The molecule has 10 nitrogen and oxygen atoms in total. The molecule has 0 radical (unpaired) electrons. The number of carbonyl (C=O) groups is 2. The highest BCUT2D eigenvalue weighted by atomic mass is 32.1. The van der Waals surface area contributed by atoms with Crippen LogP contribution in [-0.4, -0.2) is 42.0 Å². The van der Waals surface area contributed by atoms with Crippen molar-refractivity contribution in [1.29, 1.82) is 0 Å². The molecule has 4 aromatic heterocycles. The van der Waals surface area contributed by atoms with Crippen molar-refractivity contribution in [3.8, 4) is 10.4 Å². The summed E-state index contributed by atoms with van der Waals surface area (Å²) < 4.78 is 8.66. The number of nitrogens with zero attached hydrogens (tertiary/aromatic N) is 5. The number of anilines is 2. The van der Waals surface area contributed by atoms with Gasteiger partial charge in [0.2, 0.25) is 0 Å². The van der Waals surface area contributed by atoms with Crippen LogP contribution in [0, 0.1) is 6.92 Å². The molecule has 0 aliphatic rings. The van der Waals surface area contributed by atoms with Gasteiger partial charge in [-0.05, 0) is 33.8 Å².